The van der Waals surface area contributed by atoms with E-state index in [1.807, 2.05) is 0 Å². The van der Waals surface area contributed by atoms with Gasteiger partial charge in [-0.2, -0.15) is 0 Å². The maximum atomic E-state index is 13.3. The fourth-order valence-electron chi connectivity index (χ4n) is 3.91. The van der Waals surface area contributed by atoms with Crippen LogP contribution in [-0.2, 0) is 4.74 Å². The number of ether oxygens (including phenoxy) is 1. The second-order valence-corrected chi connectivity index (χ2v) is 6.95. The van der Waals surface area contributed by atoms with Gasteiger partial charge in [0.15, 0.2) is 0 Å². The molecule has 1 aliphatic carbocycles. The molecule has 0 radical (unpaired) electrons. The lowest BCUT2D eigenvalue weighted by Crippen LogP contribution is -2.44. The Hall–Kier alpha value is -0.640. The summed E-state index contributed by atoms with van der Waals surface area (Å²) in [6.45, 7) is 0.785. The molecule has 1 spiro atoms. The highest BCUT2D eigenvalue weighted by Gasteiger charge is 2.40. The maximum Gasteiger partial charge on any atom is 0.141 e. The highest BCUT2D eigenvalue weighted by Crippen LogP contribution is 2.43. The largest absolute Gasteiger partial charge is 0.375 e. The molecule has 1 aliphatic heterocycles. The van der Waals surface area contributed by atoms with Crippen molar-refractivity contribution in [2.75, 3.05) is 6.61 Å². The number of halogens is 2. The molecule has 3 rings (SSSR count). The maximum absolute atomic E-state index is 13.3. The van der Waals surface area contributed by atoms with Gasteiger partial charge in [-0.15, -0.1) is 0 Å². The van der Waals surface area contributed by atoms with E-state index in [0.717, 1.165) is 37.9 Å². The van der Waals surface area contributed by atoms with Crippen molar-refractivity contribution in [1.82, 2.24) is 0 Å². The van der Waals surface area contributed by atoms with Crippen molar-refractivity contribution < 1.29 is 9.13 Å². The van der Waals surface area contributed by atoms with Crippen molar-refractivity contribution in [3.05, 3.63) is 34.6 Å². The van der Waals surface area contributed by atoms with Crippen LogP contribution in [-0.4, -0.2) is 12.2 Å². The van der Waals surface area contributed by atoms with Gasteiger partial charge in [-0.1, -0.05) is 36.9 Å². The van der Waals surface area contributed by atoms with E-state index in [4.69, 9.17) is 22.1 Å². The summed E-state index contributed by atoms with van der Waals surface area (Å²) in [6, 6.07) is 4.75. The van der Waals surface area contributed by atoms with Crippen LogP contribution in [0.3, 0.4) is 0 Å². The Balaban J connectivity index is 1.74. The van der Waals surface area contributed by atoms with Crippen LogP contribution in [0.2, 0.25) is 5.02 Å². The number of hydrogen-bond acceptors (Lipinski definition) is 2. The first-order valence-electron chi connectivity index (χ1n) is 7.94. The van der Waals surface area contributed by atoms with E-state index in [2.05, 4.69) is 0 Å². The van der Waals surface area contributed by atoms with Crippen LogP contribution in [0.1, 0.15) is 56.6 Å². The van der Waals surface area contributed by atoms with Crippen LogP contribution < -0.4 is 5.73 Å². The van der Waals surface area contributed by atoms with Gasteiger partial charge in [0.2, 0.25) is 0 Å². The van der Waals surface area contributed by atoms with E-state index in [1.54, 1.807) is 12.1 Å². The molecule has 2 nitrogen and oxygen atoms in total. The highest BCUT2D eigenvalue weighted by molar-refractivity contribution is 6.30. The lowest BCUT2D eigenvalue weighted by molar-refractivity contribution is -0.120. The summed E-state index contributed by atoms with van der Waals surface area (Å²) < 4.78 is 19.4. The molecule has 0 bridgehead atoms. The Morgan fingerprint density at radius 3 is 2.76 bits per heavy atom. The minimum absolute atomic E-state index is 0.0443. The van der Waals surface area contributed by atoms with Crippen molar-refractivity contribution in [3.8, 4) is 0 Å². The van der Waals surface area contributed by atoms with E-state index >= 15 is 0 Å². The molecular formula is C17H23ClFNO. The third kappa shape index (κ3) is 3.25. The molecule has 21 heavy (non-hydrogen) atoms. The van der Waals surface area contributed by atoms with Gasteiger partial charge < -0.3 is 10.5 Å². The van der Waals surface area contributed by atoms with Gasteiger partial charge in [-0.25, -0.2) is 4.39 Å². The molecule has 2 N–H and O–H groups in total. The van der Waals surface area contributed by atoms with Crippen LogP contribution in [0.5, 0.6) is 0 Å². The minimum Gasteiger partial charge on any atom is -0.375 e. The molecule has 116 valence electrons. The molecule has 2 aliphatic rings. The SMILES string of the molecule is NC(c1ccc(F)c(Cl)c1)C1CCOC2(CCCCC2)C1. The van der Waals surface area contributed by atoms with Crippen molar-refractivity contribution in [1.29, 1.82) is 0 Å². The molecule has 2 unspecified atom stereocenters. The molecule has 0 amide bonds. The molecule has 1 aromatic rings. The zero-order chi connectivity index (χ0) is 14.9. The molecule has 2 atom stereocenters. The molecule has 1 heterocycles. The van der Waals surface area contributed by atoms with Gasteiger partial charge in [0.1, 0.15) is 5.82 Å². The lowest BCUT2D eigenvalue weighted by atomic mass is 9.73. The quantitative estimate of drug-likeness (QED) is 0.865. The first kappa shape index (κ1) is 15.3. The smallest absolute Gasteiger partial charge is 0.141 e. The van der Waals surface area contributed by atoms with Gasteiger partial charge in [0, 0.05) is 12.6 Å². The molecule has 4 heteroatoms. The summed E-state index contributed by atoms with van der Waals surface area (Å²) in [4.78, 5) is 0. The third-order valence-corrected chi connectivity index (χ3v) is 5.42. The monoisotopic (exact) mass is 311 g/mol. The second-order valence-electron chi connectivity index (χ2n) is 6.54. The van der Waals surface area contributed by atoms with Crippen LogP contribution in [0, 0.1) is 11.7 Å². The van der Waals surface area contributed by atoms with Crippen molar-refractivity contribution in [2.45, 2.75) is 56.6 Å². The van der Waals surface area contributed by atoms with E-state index < -0.39 is 0 Å². The molecule has 1 saturated heterocycles. The van der Waals surface area contributed by atoms with E-state index in [0.29, 0.717) is 5.92 Å². The first-order chi connectivity index (χ1) is 10.1. The Morgan fingerprint density at radius 1 is 1.29 bits per heavy atom. The van der Waals surface area contributed by atoms with E-state index in [9.17, 15) is 4.39 Å². The molecule has 0 aromatic heterocycles. The van der Waals surface area contributed by atoms with Gasteiger partial charge in [0.05, 0.1) is 10.6 Å². The topological polar surface area (TPSA) is 35.2 Å². The van der Waals surface area contributed by atoms with Crippen LogP contribution in [0.15, 0.2) is 18.2 Å². The molecule has 2 fully saturated rings. The summed E-state index contributed by atoms with van der Waals surface area (Å²) in [6.07, 6.45) is 8.12. The average molecular weight is 312 g/mol. The summed E-state index contributed by atoms with van der Waals surface area (Å²) >= 11 is 5.88. The van der Waals surface area contributed by atoms with Gasteiger partial charge in [-0.3, -0.25) is 0 Å². The fraction of sp³-hybridized carbons (Fsp3) is 0.647. The van der Waals surface area contributed by atoms with Crippen molar-refractivity contribution in [2.24, 2.45) is 11.7 Å². The zero-order valence-electron chi connectivity index (χ0n) is 12.3. The predicted octanol–water partition coefficient (Wildman–Crippen LogP) is 4.61. The standard InChI is InChI=1S/C17H23ClFNO/c18-14-10-12(4-5-15(14)19)16(20)13-6-9-21-17(11-13)7-2-1-3-8-17/h4-5,10,13,16H,1-3,6-9,11,20H2. The summed E-state index contributed by atoms with van der Waals surface area (Å²) in [5.74, 6) is 0.00160. The van der Waals surface area contributed by atoms with E-state index in [-0.39, 0.29) is 22.5 Å². The highest BCUT2D eigenvalue weighted by atomic mass is 35.5. The number of hydrogen-bond donors (Lipinski definition) is 1. The Morgan fingerprint density at radius 2 is 2.05 bits per heavy atom. The third-order valence-electron chi connectivity index (χ3n) is 5.13. The predicted molar refractivity (Wildman–Crippen MR) is 82.8 cm³/mol. The van der Waals surface area contributed by atoms with Crippen LogP contribution in [0.25, 0.3) is 0 Å². The Kier molecular flexibility index (Phi) is 4.53. The first-order valence-corrected chi connectivity index (χ1v) is 8.32. The second kappa shape index (κ2) is 6.23. The van der Waals surface area contributed by atoms with E-state index in [1.165, 1.54) is 25.3 Å². The van der Waals surface area contributed by atoms with Gasteiger partial charge in [-0.05, 0) is 49.3 Å². The molecular weight excluding hydrogens is 289 g/mol. The Bertz CT molecular complexity index is 496. The van der Waals surface area contributed by atoms with Crippen LogP contribution in [0.4, 0.5) is 4.39 Å². The summed E-state index contributed by atoms with van der Waals surface area (Å²) in [7, 11) is 0. The summed E-state index contributed by atoms with van der Waals surface area (Å²) in [5.41, 5.74) is 7.42. The number of benzene rings is 1. The number of rotatable bonds is 2. The minimum atomic E-state index is -0.386. The lowest BCUT2D eigenvalue weighted by Gasteiger charge is -2.45. The van der Waals surface area contributed by atoms with Gasteiger partial charge >= 0.3 is 0 Å². The fourth-order valence-corrected chi connectivity index (χ4v) is 4.10. The van der Waals surface area contributed by atoms with Crippen LogP contribution >= 0.6 is 11.6 Å². The molecule has 1 aromatic carbocycles. The van der Waals surface area contributed by atoms with Crippen molar-refractivity contribution in [3.63, 3.8) is 0 Å². The van der Waals surface area contributed by atoms with Crippen molar-refractivity contribution >= 4 is 11.6 Å². The Labute approximate surface area is 130 Å². The average Bonchev–Trinajstić information content (AvgIpc) is 2.50. The summed E-state index contributed by atoms with van der Waals surface area (Å²) in [5, 5.41) is 0.155. The zero-order valence-corrected chi connectivity index (χ0v) is 13.0. The normalized spacial score (nSPS) is 26.7. The number of nitrogens with two attached hydrogens (primary N) is 1. The molecule has 1 saturated carbocycles. The van der Waals surface area contributed by atoms with Gasteiger partial charge in [0.25, 0.3) is 0 Å².